The molecule has 0 heterocycles. The number of carbonyl (C=O) groups excluding carboxylic acids is 1. The Morgan fingerprint density at radius 3 is 2.71 bits per heavy atom. The first-order chi connectivity index (χ1) is 7.95. The van der Waals surface area contributed by atoms with Crippen molar-refractivity contribution >= 4 is 17.4 Å². The van der Waals surface area contributed by atoms with Crippen molar-refractivity contribution in [2.75, 3.05) is 0 Å². The number of nitrogens with two attached hydrogens (primary N) is 1. The average Bonchev–Trinajstić information content (AvgIpc) is 2.30. The van der Waals surface area contributed by atoms with E-state index >= 15 is 0 Å². The molecule has 1 aromatic rings. The fraction of sp³-hybridized carbons (Fsp3) is 0.462. The zero-order valence-corrected chi connectivity index (χ0v) is 10.8. The van der Waals surface area contributed by atoms with Crippen molar-refractivity contribution in [3.05, 3.63) is 34.6 Å². The van der Waals surface area contributed by atoms with E-state index in [0.29, 0.717) is 10.6 Å². The van der Waals surface area contributed by atoms with E-state index < -0.39 is 11.9 Å². The van der Waals surface area contributed by atoms with Crippen LogP contribution in [-0.4, -0.2) is 11.8 Å². The van der Waals surface area contributed by atoms with Crippen molar-refractivity contribution < 1.29 is 9.18 Å². The molecule has 0 saturated carbocycles. The molecule has 0 aromatic heterocycles. The summed E-state index contributed by atoms with van der Waals surface area (Å²) < 4.78 is 13.5. The maximum absolute atomic E-state index is 13.5. The van der Waals surface area contributed by atoms with E-state index in [4.69, 9.17) is 17.3 Å². The lowest BCUT2D eigenvalue weighted by atomic mass is 9.93. The fourth-order valence-corrected chi connectivity index (χ4v) is 1.70. The number of hydrogen-bond acceptors (Lipinski definition) is 2. The predicted molar refractivity (Wildman–Crippen MR) is 67.6 cm³/mol. The van der Waals surface area contributed by atoms with Gasteiger partial charge in [-0.1, -0.05) is 37.9 Å². The van der Waals surface area contributed by atoms with Crippen molar-refractivity contribution in [2.45, 2.75) is 32.7 Å². The lowest BCUT2D eigenvalue weighted by Gasteiger charge is -2.17. The number of carbonyl (C=O) groups is 1. The minimum atomic E-state index is -0.532. The molecule has 2 unspecified atom stereocenters. The molecular formula is C13H17ClFNO. The largest absolute Gasteiger partial charge is 0.321 e. The molecule has 0 aliphatic carbocycles. The molecule has 17 heavy (non-hydrogen) atoms. The molecule has 0 aliphatic heterocycles. The van der Waals surface area contributed by atoms with Crippen molar-refractivity contribution in [3.8, 4) is 0 Å². The Bertz CT molecular complexity index is 408. The molecule has 2 atom stereocenters. The van der Waals surface area contributed by atoms with Gasteiger partial charge in [0.1, 0.15) is 5.82 Å². The zero-order valence-electron chi connectivity index (χ0n) is 10.0. The summed E-state index contributed by atoms with van der Waals surface area (Å²) in [6, 6.07) is 3.77. The predicted octanol–water partition coefficient (Wildman–Crippen LogP) is 2.96. The molecule has 94 valence electrons. The second-order valence-corrected chi connectivity index (χ2v) is 4.73. The van der Waals surface area contributed by atoms with Crippen LogP contribution in [0, 0.1) is 11.7 Å². The Labute approximate surface area is 106 Å². The van der Waals surface area contributed by atoms with E-state index in [0.717, 1.165) is 6.42 Å². The highest BCUT2D eigenvalue weighted by molar-refractivity contribution is 6.30. The second-order valence-electron chi connectivity index (χ2n) is 4.29. The molecule has 0 bridgehead atoms. The van der Waals surface area contributed by atoms with Crippen LogP contribution in [0.2, 0.25) is 5.02 Å². The third-order valence-corrected chi connectivity index (χ3v) is 3.24. The number of benzene rings is 1. The third-order valence-electron chi connectivity index (χ3n) is 3.01. The van der Waals surface area contributed by atoms with Crippen molar-refractivity contribution in [1.82, 2.24) is 0 Å². The summed E-state index contributed by atoms with van der Waals surface area (Å²) in [6.07, 6.45) is 0.852. The Morgan fingerprint density at radius 1 is 1.53 bits per heavy atom. The topological polar surface area (TPSA) is 43.1 Å². The summed E-state index contributed by atoms with van der Waals surface area (Å²) in [6.45, 7) is 3.89. The molecule has 0 saturated heterocycles. The van der Waals surface area contributed by atoms with Gasteiger partial charge in [-0.05, 0) is 23.6 Å². The average molecular weight is 258 g/mol. The highest BCUT2D eigenvalue weighted by atomic mass is 35.5. The molecule has 1 rings (SSSR count). The number of hydrogen-bond donors (Lipinski definition) is 1. The highest BCUT2D eigenvalue weighted by Gasteiger charge is 2.20. The van der Waals surface area contributed by atoms with Crippen LogP contribution in [0.1, 0.15) is 25.8 Å². The van der Waals surface area contributed by atoms with E-state index in [2.05, 4.69) is 0 Å². The second kappa shape index (κ2) is 6.12. The van der Waals surface area contributed by atoms with Gasteiger partial charge < -0.3 is 5.73 Å². The molecular weight excluding hydrogens is 241 g/mol. The summed E-state index contributed by atoms with van der Waals surface area (Å²) >= 11 is 5.64. The van der Waals surface area contributed by atoms with Crippen LogP contribution in [0.3, 0.4) is 0 Å². The van der Waals surface area contributed by atoms with Gasteiger partial charge in [-0.3, -0.25) is 4.79 Å². The Morgan fingerprint density at radius 2 is 2.18 bits per heavy atom. The normalized spacial score (nSPS) is 14.4. The van der Waals surface area contributed by atoms with Gasteiger partial charge in [0.15, 0.2) is 5.78 Å². The van der Waals surface area contributed by atoms with E-state index in [1.165, 1.54) is 12.1 Å². The summed E-state index contributed by atoms with van der Waals surface area (Å²) in [4.78, 5) is 11.8. The van der Waals surface area contributed by atoms with E-state index in [1.54, 1.807) is 6.07 Å². The quantitative estimate of drug-likeness (QED) is 0.881. The molecule has 1 aromatic carbocycles. The van der Waals surface area contributed by atoms with E-state index in [1.807, 2.05) is 13.8 Å². The van der Waals surface area contributed by atoms with Gasteiger partial charge in [0.05, 0.1) is 6.04 Å². The first-order valence-corrected chi connectivity index (χ1v) is 6.05. The van der Waals surface area contributed by atoms with Crippen molar-refractivity contribution in [1.29, 1.82) is 0 Å². The molecule has 0 aliphatic rings. The van der Waals surface area contributed by atoms with Crippen LogP contribution in [0.15, 0.2) is 18.2 Å². The SMILES string of the molecule is CCC(C)C(N)C(=O)Cc1ccc(Cl)cc1F. The van der Waals surface area contributed by atoms with Crippen LogP contribution in [0.5, 0.6) is 0 Å². The number of Topliss-reactive ketones (excluding diaryl/α,β-unsaturated/α-hetero) is 1. The van der Waals surface area contributed by atoms with Crippen LogP contribution in [-0.2, 0) is 11.2 Å². The van der Waals surface area contributed by atoms with E-state index in [9.17, 15) is 9.18 Å². The molecule has 2 N–H and O–H groups in total. The number of ketones is 1. The van der Waals surface area contributed by atoms with Gasteiger partial charge in [-0.25, -0.2) is 4.39 Å². The molecule has 4 heteroatoms. The van der Waals surface area contributed by atoms with Crippen LogP contribution in [0.4, 0.5) is 4.39 Å². The first kappa shape index (κ1) is 14.1. The molecule has 0 radical (unpaired) electrons. The Balaban J connectivity index is 2.74. The monoisotopic (exact) mass is 257 g/mol. The maximum atomic E-state index is 13.5. The zero-order chi connectivity index (χ0) is 13.0. The molecule has 2 nitrogen and oxygen atoms in total. The number of rotatable bonds is 5. The molecule has 0 spiro atoms. The standard InChI is InChI=1S/C13H17ClFNO/c1-3-8(2)13(16)12(17)6-9-4-5-10(14)7-11(9)15/h4-5,7-8,13H,3,6,16H2,1-2H3. The van der Waals surface area contributed by atoms with Crippen LogP contribution < -0.4 is 5.73 Å². The lowest BCUT2D eigenvalue weighted by Crippen LogP contribution is -2.37. The van der Waals surface area contributed by atoms with Crippen molar-refractivity contribution in [2.24, 2.45) is 11.7 Å². The van der Waals surface area contributed by atoms with Crippen molar-refractivity contribution in [3.63, 3.8) is 0 Å². The minimum absolute atomic E-state index is 0.0223. The summed E-state index contributed by atoms with van der Waals surface area (Å²) in [5.74, 6) is -0.486. The minimum Gasteiger partial charge on any atom is -0.321 e. The summed E-state index contributed by atoms with van der Waals surface area (Å²) in [7, 11) is 0. The summed E-state index contributed by atoms with van der Waals surface area (Å²) in [5, 5.41) is 0.324. The smallest absolute Gasteiger partial charge is 0.154 e. The highest BCUT2D eigenvalue weighted by Crippen LogP contribution is 2.16. The number of halogens is 2. The Kier molecular flexibility index (Phi) is 5.09. The van der Waals surface area contributed by atoms with Crippen LogP contribution in [0.25, 0.3) is 0 Å². The first-order valence-electron chi connectivity index (χ1n) is 5.68. The van der Waals surface area contributed by atoms with Gasteiger partial charge in [-0.15, -0.1) is 0 Å². The molecule has 0 amide bonds. The lowest BCUT2D eigenvalue weighted by molar-refractivity contribution is -0.120. The van der Waals surface area contributed by atoms with Gasteiger partial charge >= 0.3 is 0 Å². The maximum Gasteiger partial charge on any atom is 0.154 e. The summed E-state index contributed by atoms with van der Waals surface area (Å²) in [5.41, 5.74) is 6.15. The van der Waals surface area contributed by atoms with Gasteiger partial charge in [-0.2, -0.15) is 0 Å². The van der Waals surface area contributed by atoms with Gasteiger partial charge in [0.25, 0.3) is 0 Å². The van der Waals surface area contributed by atoms with E-state index in [-0.39, 0.29) is 18.1 Å². The third kappa shape index (κ3) is 3.79. The van der Waals surface area contributed by atoms with Gasteiger partial charge in [0, 0.05) is 11.4 Å². The fourth-order valence-electron chi connectivity index (χ4n) is 1.54. The molecule has 0 fully saturated rings. The van der Waals surface area contributed by atoms with Crippen LogP contribution >= 0.6 is 11.6 Å². The Hall–Kier alpha value is -0.930. The van der Waals surface area contributed by atoms with Gasteiger partial charge in [0.2, 0.25) is 0 Å².